The molecule has 1 aromatic heterocycles. The summed E-state index contributed by atoms with van der Waals surface area (Å²) in [6, 6.07) is 10.3. The molecular formula is C13H14FN3. The Bertz CT molecular complexity index is 514. The summed E-state index contributed by atoms with van der Waals surface area (Å²) in [5.41, 5.74) is 7.02. The molecule has 2 rings (SSSR count). The lowest BCUT2D eigenvalue weighted by Gasteiger charge is -2.21. The highest BCUT2D eigenvalue weighted by Crippen LogP contribution is 2.26. The van der Waals surface area contributed by atoms with E-state index in [4.69, 9.17) is 5.73 Å². The monoisotopic (exact) mass is 231 g/mol. The van der Waals surface area contributed by atoms with E-state index in [1.54, 1.807) is 36.3 Å². The zero-order valence-electron chi connectivity index (χ0n) is 9.60. The van der Waals surface area contributed by atoms with Crippen LogP contribution in [0.15, 0.2) is 42.6 Å². The number of pyridine rings is 1. The molecule has 1 aromatic carbocycles. The molecule has 17 heavy (non-hydrogen) atoms. The Kier molecular flexibility index (Phi) is 3.35. The van der Waals surface area contributed by atoms with Crippen LogP contribution in [0.2, 0.25) is 0 Å². The Labute approximate surface area is 99.7 Å². The third kappa shape index (κ3) is 2.26. The van der Waals surface area contributed by atoms with Gasteiger partial charge in [0.15, 0.2) is 0 Å². The fourth-order valence-electron chi connectivity index (χ4n) is 1.73. The number of rotatable bonds is 3. The van der Waals surface area contributed by atoms with Crippen LogP contribution in [0.5, 0.6) is 0 Å². The first-order chi connectivity index (χ1) is 8.24. The molecule has 0 aliphatic rings. The van der Waals surface area contributed by atoms with Crippen LogP contribution in [0, 0.1) is 5.82 Å². The van der Waals surface area contributed by atoms with Crippen LogP contribution in [-0.4, -0.2) is 12.0 Å². The van der Waals surface area contributed by atoms with Crippen molar-refractivity contribution in [3.05, 3.63) is 54.0 Å². The number of nitrogens with two attached hydrogens (primary N) is 1. The van der Waals surface area contributed by atoms with Gasteiger partial charge in [-0.15, -0.1) is 0 Å². The summed E-state index contributed by atoms with van der Waals surface area (Å²) in [7, 11) is 1.78. The van der Waals surface area contributed by atoms with Crippen LogP contribution in [-0.2, 0) is 6.54 Å². The first-order valence-electron chi connectivity index (χ1n) is 5.36. The molecule has 0 saturated carbocycles. The minimum absolute atomic E-state index is 0.274. The number of para-hydroxylation sites is 1. The molecule has 0 unspecified atom stereocenters. The predicted molar refractivity (Wildman–Crippen MR) is 66.6 cm³/mol. The van der Waals surface area contributed by atoms with Crippen molar-refractivity contribution in [2.75, 3.05) is 11.9 Å². The molecule has 4 heteroatoms. The van der Waals surface area contributed by atoms with E-state index in [-0.39, 0.29) is 5.82 Å². The molecule has 0 spiro atoms. The van der Waals surface area contributed by atoms with E-state index in [1.807, 2.05) is 12.1 Å². The normalized spacial score (nSPS) is 10.3. The van der Waals surface area contributed by atoms with Crippen LogP contribution < -0.4 is 10.6 Å². The molecule has 0 fully saturated rings. The van der Waals surface area contributed by atoms with Gasteiger partial charge in [0.05, 0.1) is 5.69 Å². The molecule has 0 amide bonds. The lowest BCUT2D eigenvalue weighted by Crippen LogP contribution is -2.16. The number of nitrogens with zero attached hydrogens (tertiary/aromatic N) is 2. The molecule has 0 saturated heterocycles. The zero-order valence-corrected chi connectivity index (χ0v) is 9.60. The summed E-state index contributed by atoms with van der Waals surface area (Å²) in [5.74, 6) is 0.406. The molecule has 0 aliphatic carbocycles. The van der Waals surface area contributed by atoms with Gasteiger partial charge in [0.2, 0.25) is 0 Å². The minimum atomic E-state index is -0.274. The first kappa shape index (κ1) is 11.5. The van der Waals surface area contributed by atoms with Gasteiger partial charge in [0.1, 0.15) is 11.6 Å². The average Bonchev–Trinajstić information content (AvgIpc) is 2.38. The SMILES string of the molecule is CN(c1ccccc1F)c1ncccc1CN. The predicted octanol–water partition coefficient (Wildman–Crippen LogP) is 2.45. The van der Waals surface area contributed by atoms with Gasteiger partial charge in [0.25, 0.3) is 0 Å². The third-order valence-corrected chi connectivity index (χ3v) is 2.62. The number of hydrogen-bond acceptors (Lipinski definition) is 3. The maximum Gasteiger partial charge on any atom is 0.146 e. The quantitative estimate of drug-likeness (QED) is 0.882. The van der Waals surface area contributed by atoms with Gasteiger partial charge >= 0.3 is 0 Å². The van der Waals surface area contributed by atoms with Crippen molar-refractivity contribution in [3.8, 4) is 0 Å². The Morgan fingerprint density at radius 2 is 2.00 bits per heavy atom. The maximum atomic E-state index is 13.7. The lowest BCUT2D eigenvalue weighted by atomic mass is 10.2. The first-order valence-corrected chi connectivity index (χ1v) is 5.36. The molecular weight excluding hydrogens is 217 g/mol. The Hall–Kier alpha value is -1.94. The molecule has 0 bridgehead atoms. The van der Waals surface area contributed by atoms with Gasteiger partial charge in [-0.05, 0) is 18.2 Å². The van der Waals surface area contributed by atoms with Crippen LogP contribution in [0.4, 0.5) is 15.9 Å². The second-order valence-electron chi connectivity index (χ2n) is 3.70. The molecule has 1 heterocycles. The van der Waals surface area contributed by atoms with Crippen molar-refractivity contribution >= 4 is 11.5 Å². The fraction of sp³-hybridized carbons (Fsp3) is 0.154. The highest BCUT2D eigenvalue weighted by atomic mass is 19.1. The van der Waals surface area contributed by atoms with Gasteiger partial charge in [0, 0.05) is 25.4 Å². The van der Waals surface area contributed by atoms with Gasteiger partial charge in [-0.1, -0.05) is 18.2 Å². The van der Waals surface area contributed by atoms with Gasteiger partial charge < -0.3 is 10.6 Å². The van der Waals surface area contributed by atoms with E-state index in [2.05, 4.69) is 4.98 Å². The summed E-state index contributed by atoms with van der Waals surface area (Å²) >= 11 is 0. The molecule has 0 aliphatic heterocycles. The smallest absolute Gasteiger partial charge is 0.146 e. The molecule has 0 radical (unpaired) electrons. The van der Waals surface area contributed by atoms with Gasteiger partial charge in [-0.2, -0.15) is 0 Å². The van der Waals surface area contributed by atoms with Crippen molar-refractivity contribution in [2.24, 2.45) is 5.73 Å². The second kappa shape index (κ2) is 4.93. The van der Waals surface area contributed by atoms with E-state index >= 15 is 0 Å². The number of halogens is 1. The summed E-state index contributed by atoms with van der Waals surface area (Å²) in [5, 5.41) is 0. The molecule has 88 valence electrons. The highest BCUT2D eigenvalue weighted by molar-refractivity contribution is 5.62. The topological polar surface area (TPSA) is 42.2 Å². The van der Waals surface area contributed by atoms with Gasteiger partial charge in [-0.3, -0.25) is 0 Å². The van der Waals surface area contributed by atoms with Crippen LogP contribution in [0.3, 0.4) is 0 Å². The van der Waals surface area contributed by atoms with Crippen LogP contribution in [0.25, 0.3) is 0 Å². The molecule has 3 nitrogen and oxygen atoms in total. The van der Waals surface area contributed by atoms with Crippen molar-refractivity contribution in [1.29, 1.82) is 0 Å². The molecule has 2 aromatic rings. The van der Waals surface area contributed by atoms with E-state index in [1.165, 1.54) is 6.07 Å². The number of anilines is 2. The van der Waals surface area contributed by atoms with E-state index < -0.39 is 0 Å². The van der Waals surface area contributed by atoms with Crippen LogP contribution in [0.1, 0.15) is 5.56 Å². The van der Waals surface area contributed by atoms with Crippen LogP contribution >= 0.6 is 0 Å². The fourth-order valence-corrected chi connectivity index (χ4v) is 1.73. The maximum absolute atomic E-state index is 13.7. The largest absolute Gasteiger partial charge is 0.327 e. The summed E-state index contributed by atoms with van der Waals surface area (Å²) in [6.45, 7) is 0.377. The zero-order chi connectivity index (χ0) is 12.3. The summed E-state index contributed by atoms with van der Waals surface area (Å²) in [4.78, 5) is 5.95. The minimum Gasteiger partial charge on any atom is -0.327 e. The lowest BCUT2D eigenvalue weighted by molar-refractivity contribution is 0.627. The van der Waals surface area contributed by atoms with Gasteiger partial charge in [-0.25, -0.2) is 9.37 Å². The molecule has 0 atom stereocenters. The van der Waals surface area contributed by atoms with E-state index in [9.17, 15) is 4.39 Å². The summed E-state index contributed by atoms with van der Waals surface area (Å²) in [6.07, 6.45) is 1.67. The van der Waals surface area contributed by atoms with Crippen molar-refractivity contribution in [1.82, 2.24) is 4.98 Å². The second-order valence-corrected chi connectivity index (χ2v) is 3.70. The Morgan fingerprint density at radius 3 is 2.71 bits per heavy atom. The van der Waals surface area contributed by atoms with Crippen molar-refractivity contribution < 1.29 is 4.39 Å². The average molecular weight is 231 g/mol. The van der Waals surface area contributed by atoms with Crippen molar-refractivity contribution in [3.63, 3.8) is 0 Å². The standard InChI is InChI=1S/C13H14FN3/c1-17(12-7-3-2-6-11(12)14)13-10(9-15)5-4-8-16-13/h2-8H,9,15H2,1H3. The Balaban J connectivity index is 2.44. The summed E-state index contributed by atoms with van der Waals surface area (Å²) < 4.78 is 13.7. The highest BCUT2D eigenvalue weighted by Gasteiger charge is 2.12. The van der Waals surface area contributed by atoms with E-state index in [0.717, 1.165) is 5.56 Å². The third-order valence-electron chi connectivity index (χ3n) is 2.62. The number of hydrogen-bond donors (Lipinski definition) is 1. The van der Waals surface area contributed by atoms with Crippen molar-refractivity contribution in [2.45, 2.75) is 6.54 Å². The number of aromatic nitrogens is 1. The number of benzene rings is 1. The molecule has 2 N–H and O–H groups in total. The van der Waals surface area contributed by atoms with E-state index in [0.29, 0.717) is 18.1 Å². The Morgan fingerprint density at radius 1 is 1.24 bits per heavy atom.